The predicted octanol–water partition coefficient (Wildman–Crippen LogP) is 5.88. The van der Waals surface area contributed by atoms with Crippen LogP contribution in [0.25, 0.3) is 0 Å². The van der Waals surface area contributed by atoms with Crippen molar-refractivity contribution in [3.8, 4) is 0 Å². The maximum absolute atomic E-state index is 4.11. The van der Waals surface area contributed by atoms with Gasteiger partial charge in [-0.2, -0.15) is 0 Å². The lowest BCUT2D eigenvalue weighted by Crippen LogP contribution is -2.71. The average Bonchev–Trinajstić information content (AvgIpc) is 2.84. The van der Waals surface area contributed by atoms with Gasteiger partial charge in [0.15, 0.2) is 0 Å². The van der Waals surface area contributed by atoms with Crippen LogP contribution in [0.5, 0.6) is 0 Å². The molecule has 186 valence electrons. The first-order valence-electron chi connectivity index (χ1n) is 15.5. The molecule has 33 heavy (non-hydrogen) atoms. The molecule has 5 atom stereocenters. The van der Waals surface area contributed by atoms with E-state index in [1.165, 1.54) is 96.7 Å². The van der Waals surface area contributed by atoms with Crippen LogP contribution in [0.3, 0.4) is 0 Å². The van der Waals surface area contributed by atoms with Crippen LogP contribution in [-0.4, -0.2) is 48.2 Å². The predicted molar refractivity (Wildman–Crippen MR) is 136 cm³/mol. The lowest BCUT2D eigenvalue weighted by Gasteiger charge is -2.70. The fourth-order valence-corrected chi connectivity index (χ4v) is 11.6. The monoisotopic (exact) mass is 453 g/mol. The number of hydrogen-bond acceptors (Lipinski definition) is 3. The SMILES string of the molecule is C1CCC(N(C2CCCCC2)C23CC4CC(CC(C5CNCC6CCCNC65)(C4)C2)C3)CC1. The molecule has 0 aromatic rings. The largest absolute Gasteiger partial charge is 0.316 e. The van der Waals surface area contributed by atoms with Crippen LogP contribution in [-0.2, 0) is 0 Å². The van der Waals surface area contributed by atoms with E-state index in [2.05, 4.69) is 15.5 Å². The summed E-state index contributed by atoms with van der Waals surface area (Å²) < 4.78 is 0. The Bertz CT molecular complexity index is 659. The molecule has 8 rings (SSSR count). The first-order valence-corrected chi connectivity index (χ1v) is 15.5. The van der Waals surface area contributed by atoms with Gasteiger partial charge in [-0.1, -0.05) is 38.5 Å². The van der Waals surface area contributed by atoms with E-state index in [1.54, 1.807) is 38.5 Å². The molecule has 6 aliphatic carbocycles. The molecular formula is C30H51N3. The van der Waals surface area contributed by atoms with Gasteiger partial charge >= 0.3 is 0 Å². The van der Waals surface area contributed by atoms with Gasteiger partial charge in [-0.05, 0) is 126 Å². The zero-order valence-electron chi connectivity index (χ0n) is 21.3. The van der Waals surface area contributed by atoms with Crippen molar-refractivity contribution in [2.45, 2.75) is 139 Å². The van der Waals surface area contributed by atoms with E-state index < -0.39 is 0 Å². The van der Waals surface area contributed by atoms with Gasteiger partial charge in [0, 0.05) is 23.7 Å². The van der Waals surface area contributed by atoms with Gasteiger partial charge in [0.2, 0.25) is 0 Å². The van der Waals surface area contributed by atoms with Crippen LogP contribution >= 0.6 is 0 Å². The van der Waals surface area contributed by atoms with E-state index in [1.807, 2.05) is 0 Å². The molecular weight excluding hydrogens is 402 g/mol. The fourth-order valence-electron chi connectivity index (χ4n) is 11.6. The smallest absolute Gasteiger partial charge is 0.0226 e. The summed E-state index contributed by atoms with van der Waals surface area (Å²) in [5, 5.41) is 8.08. The summed E-state index contributed by atoms with van der Waals surface area (Å²) in [6.07, 6.45) is 27.3. The Hall–Kier alpha value is -0.120. The Labute approximate surface area is 203 Å². The Morgan fingerprint density at radius 1 is 0.667 bits per heavy atom. The average molecular weight is 454 g/mol. The van der Waals surface area contributed by atoms with E-state index in [4.69, 9.17) is 0 Å². The molecule has 6 saturated carbocycles. The number of nitrogens with zero attached hydrogens (tertiary/aromatic N) is 1. The van der Waals surface area contributed by atoms with Gasteiger partial charge in [-0.25, -0.2) is 0 Å². The second-order valence-corrected chi connectivity index (χ2v) is 14.2. The molecule has 0 aromatic carbocycles. The number of rotatable bonds is 4. The molecule has 8 fully saturated rings. The van der Waals surface area contributed by atoms with Crippen molar-refractivity contribution in [2.24, 2.45) is 29.1 Å². The van der Waals surface area contributed by atoms with E-state index in [0.29, 0.717) is 11.0 Å². The normalized spacial score (nSPS) is 48.8. The maximum Gasteiger partial charge on any atom is 0.0226 e. The van der Waals surface area contributed by atoms with Gasteiger partial charge in [-0.15, -0.1) is 0 Å². The van der Waals surface area contributed by atoms with Gasteiger partial charge in [0.1, 0.15) is 0 Å². The molecule has 3 heteroatoms. The summed E-state index contributed by atoms with van der Waals surface area (Å²) in [5.41, 5.74) is 1.20. The molecule has 0 aromatic heterocycles. The number of hydrogen-bond donors (Lipinski definition) is 2. The summed E-state index contributed by atoms with van der Waals surface area (Å²) >= 11 is 0. The summed E-state index contributed by atoms with van der Waals surface area (Å²) in [4.78, 5) is 3.35. The molecule has 5 unspecified atom stereocenters. The summed E-state index contributed by atoms with van der Waals surface area (Å²) in [7, 11) is 0. The molecule has 0 spiro atoms. The second kappa shape index (κ2) is 8.77. The third-order valence-electron chi connectivity index (χ3n) is 12.2. The minimum atomic E-state index is 0.565. The van der Waals surface area contributed by atoms with Crippen LogP contribution in [0, 0.1) is 29.1 Å². The van der Waals surface area contributed by atoms with Crippen LogP contribution in [0.15, 0.2) is 0 Å². The number of fused-ring (bicyclic) bond motifs is 1. The fraction of sp³-hybridized carbons (Fsp3) is 1.00. The summed E-state index contributed by atoms with van der Waals surface area (Å²) in [6.45, 7) is 3.86. The topological polar surface area (TPSA) is 27.3 Å². The van der Waals surface area contributed by atoms with Crippen molar-refractivity contribution in [3.05, 3.63) is 0 Å². The molecule has 0 amide bonds. The van der Waals surface area contributed by atoms with Crippen molar-refractivity contribution < 1.29 is 0 Å². The summed E-state index contributed by atoms with van der Waals surface area (Å²) in [5.74, 6) is 3.85. The zero-order valence-corrected chi connectivity index (χ0v) is 21.3. The highest BCUT2D eigenvalue weighted by atomic mass is 15.3. The van der Waals surface area contributed by atoms with Crippen LogP contribution in [0.1, 0.15) is 116 Å². The minimum absolute atomic E-state index is 0.565. The highest BCUT2D eigenvalue weighted by molar-refractivity contribution is 5.18. The quantitative estimate of drug-likeness (QED) is 0.556. The van der Waals surface area contributed by atoms with Gasteiger partial charge in [0.25, 0.3) is 0 Å². The third kappa shape index (κ3) is 3.77. The first kappa shape index (κ1) is 22.1. The maximum atomic E-state index is 4.11. The van der Waals surface area contributed by atoms with Crippen molar-refractivity contribution in [3.63, 3.8) is 0 Å². The van der Waals surface area contributed by atoms with E-state index >= 15 is 0 Å². The third-order valence-corrected chi connectivity index (χ3v) is 12.2. The van der Waals surface area contributed by atoms with E-state index in [-0.39, 0.29) is 0 Å². The van der Waals surface area contributed by atoms with Gasteiger partial charge in [-0.3, -0.25) is 4.90 Å². The highest BCUT2D eigenvalue weighted by Crippen LogP contribution is 2.67. The van der Waals surface area contributed by atoms with E-state index in [0.717, 1.165) is 41.8 Å². The van der Waals surface area contributed by atoms with Crippen molar-refractivity contribution in [1.82, 2.24) is 15.5 Å². The lowest BCUT2D eigenvalue weighted by molar-refractivity contribution is -0.186. The molecule has 0 radical (unpaired) electrons. The number of piperidine rings is 2. The molecule has 2 saturated heterocycles. The summed E-state index contributed by atoms with van der Waals surface area (Å²) in [6, 6.07) is 2.64. The van der Waals surface area contributed by atoms with Crippen molar-refractivity contribution in [1.29, 1.82) is 0 Å². The molecule has 8 aliphatic rings. The Balaban J connectivity index is 1.24. The lowest BCUT2D eigenvalue weighted by atomic mass is 9.42. The van der Waals surface area contributed by atoms with Crippen molar-refractivity contribution in [2.75, 3.05) is 19.6 Å². The second-order valence-electron chi connectivity index (χ2n) is 14.2. The van der Waals surface area contributed by atoms with Crippen molar-refractivity contribution >= 4 is 0 Å². The zero-order chi connectivity index (χ0) is 21.9. The molecule has 3 nitrogen and oxygen atoms in total. The molecule has 4 bridgehead atoms. The molecule has 2 aliphatic heterocycles. The highest BCUT2D eigenvalue weighted by Gasteiger charge is 2.64. The van der Waals surface area contributed by atoms with Crippen LogP contribution in [0.4, 0.5) is 0 Å². The van der Waals surface area contributed by atoms with Crippen LogP contribution < -0.4 is 10.6 Å². The first-order chi connectivity index (χ1) is 16.2. The molecule has 2 N–H and O–H groups in total. The Morgan fingerprint density at radius 3 is 2.00 bits per heavy atom. The Morgan fingerprint density at radius 2 is 1.33 bits per heavy atom. The number of nitrogens with one attached hydrogen (secondary N) is 2. The van der Waals surface area contributed by atoms with Crippen LogP contribution in [0.2, 0.25) is 0 Å². The van der Waals surface area contributed by atoms with E-state index in [9.17, 15) is 0 Å². The Kier molecular flexibility index (Phi) is 5.87. The minimum Gasteiger partial charge on any atom is -0.316 e. The standard InChI is InChI=1S/C30H51N3/c1-3-9-25(10-4-1)33(26-11-5-2-6-12-26)30-17-22-14-23(18-30)16-29(15-22,21-30)27-20-31-19-24-8-7-13-32-28(24)27/h22-28,31-32H,1-21H2. The van der Waals surface area contributed by atoms with Gasteiger partial charge in [0.05, 0.1) is 0 Å². The molecule has 2 heterocycles. The van der Waals surface area contributed by atoms with Gasteiger partial charge < -0.3 is 10.6 Å².